The Morgan fingerprint density at radius 3 is 1.30 bits per heavy atom. The molecule has 41 heteroatoms. The van der Waals surface area contributed by atoms with Crippen LogP contribution in [-0.2, 0) is 67.3 Å². The lowest BCUT2D eigenvalue weighted by molar-refractivity contribution is -0.138. The van der Waals surface area contributed by atoms with Gasteiger partial charge in [0, 0.05) is 74.1 Å². The van der Waals surface area contributed by atoms with Gasteiger partial charge < -0.3 is 38.8 Å². The number of aromatic nitrogens is 9. The number of rotatable bonds is 17. The van der Waals surface area contributed by atoms with Crippen molar-refractivity contribution in [1.29, 1.82) is 0 Å². The zero-order valence-electron chi connectivity index (χ0n) is 57.8. The molecule has 11 aromatic rings. The molecule has 0 amide bonds. The van der Waals surface area contributed by atoms with E-state index < -0.39 is 76.1 Å². The van der Waals surface area contributed by atoms with Gasteiger partial charge in [0.1, 0.15) is 79.2 Å². The summed E-state index contributed by atoms with van der Waals surface area (Å²) in [7, 11) is -8.66. The lowest BCUT2D eigenvalue weighted by Crippen LogP contribution is -2.32. The van der Waals surface area contributed by atoms with Gasteiger partial charge in [-0.15, -0.1) is 0 Å². The van der Waals surface area contributed by atoms with Gasteiger partial charge in [0.15, 0.2) is 21.5 Å². The molecule has 0 fully saturated rings. The third-order valence-electron chi connectivity index (χ3n) is 16.3. The number of methoxy groups -OCH3 is 2. The van der Waals surface area contributed by atoms with E-state index >= 15 is 0 Å². The quantitative estimate of drug-likeness (QED) is 0.0654. The predicted octanol–water partition coefficient (Wildman–Crippen LogP) is 15.1. The maximum atomic E-state index is 13.9. The molecular formula is C71H57Cl3F10N14O11S3. The number of benzene rings is 5. The Balaban J connectivity index is 0.000000156. The second-order valence-electron chi connectivity index (χ2n) is 23.6. The predicted molar refractivity (Wildman–Crippen MR) is 391 cm³/mol. The minimum Gasteiger partial charge on any atom is -0.497 e. The fourth-order valence-corrected chi connectivity index (χ4v) is 15.6. The average Bonchev–Trinajstić information content (AvgIpc) is 0.781. The largest absolute Gasteiger partial charge is 0.497 e. The first-order chi connectivity index (χ1) is 53.2. The van der Waals surface area contributed by atoms with Crippen LogP contribution in [0.15, 0.2) is 210 Å². The number of hydrogen-bond donors (Lipinski definition) is 1. The highest BCUT2D eigenvalue weighted by Crippen LogP contribution is 2.45. The van der Waals surface area contributed by atoms with Crippen molar-refractivity contribution in [1.82, 2.24) is 44.9 Å². The van der Waals surface area contributed by atoms with Gasteiger partial charge in [-0.2, -0.15) is 43.9 Å². The SMILES string of the molecule is COc1ccc(CN(c2ccncn2)S(=O)(=O)c2ccc3c(c2)OCCN3)cc1.COc1ccc(CN(c2ccncn2)S(=O)(=O)c2ccc3c(c2)OCCN3c2ncc(C(F)(F)F)cc2Cl)cc1.Fc1ncc(C(F)(F)F)cc1Cl.O=S(=O)(Cc1ccncn1)c1ccc2c(c1)OCCN2c1ncc(C(F)(F)F)cc1Cl. The number of sulfonamides is 2. The smallest absolute Gasteiger partial charge is 0.417 e. The van der Waals surface area contributed by atoms with Gasteiger partial charge in [-0.3, -0.25) is 0 Å². The standard InChI is InChI=1S/C26H21ClF3N5O4S.C20H20N4O4S.C19H14ClF3N4O3S.C6H2ClF4N/c1-38-19-4-2-17(3-5-19)15-35(24-8-9-31-16-33-24)40(36,37)20-6-7-22-23(13-20)39-11-10-34(22)25-21(27)12-18(14-32-25)26(28,29)30;1-27-16-4-2-15(3-5-16)13-24(20-8-9-21-14-23-20)29(25,26)17-6-7-18-19(12-17)28-11-10-22-18;20-15-7-12(19(21,22)23)9-25-18(15)27-5-6-30-17-8-14(1-2-16(17)27)31(28,29)10-13-3-4-24-11-26-13;7-4-1-3(6(9,10)11)2-12-5(4)8/h2-9,12-14,16H,10-11,15H2,1H3;2-9,12,14,22H,10-11,13H2,1H3;1-4,7-9,11H,5-6,10H2;1-2H. The van der Waals surface area contributed by atoms with Crippen molar-refractivity contribution in [2.24, 2.45) is 0 Å². The molecule has 0 bridgehead atoms. The molecule has 0 aliphatic carbocycles. The molecule has 3 aliphatic heterocycles. The molecule has 0 radical (unpaired) electrons. The highest BCUT2D eigenvalue weighted by atomic mass is 35.5. The van der Waals surface area contributed by atoms with Crippen LogP contribution < -0.4 is 47.4 Å². The van der Waals surface area contributed by atoms with Gasteiger partial charge in [0.05, 0.1) is 115 Å². The van der Waals surface area contributed by atoms with Crippen LogP contribution in [0.3, 0.4) is 0 Å². The molecule has 14 rings (SSSR count). The average molecular weight is 1670 g/mol. The summed E-state index contributed by atoms with van der Waals surface area (Å²) in [6, 6.07) is 34.2. The first-order valence-electron chi connectivity index (χ1n) is 32.5. The van der Waals surface area contributed by atoms with Crippen LogP contribution >= 0.6 is 34.8 Å². The minimum atomic E-state index is -4.59. The molecule has 1 N–H and O–H groups in total. The van der Waals surface area contributed by atoms with Gasteiger partial charge in [-0.25, -0.2) is 78.7 Å². The summed E-state index contributed by atoms with van der Waals surface area (Å²) in [5.74, 6) is 1.54. The fourth-order valence-electron chi connectivity index (χ4n) is 10.8. The molecule has 0 saturated carbocycles. The summed E-state index contributed by atoms with van der Waals surface area (Å²) in [5, 5.41) is 2.17. The topological polar surface area (TPSA) is 290 Å². The van der Waals surface area contributed by atoms with E-state index in [1.54, 1.807) is 77.6 Å². The van der Waals surface area contributed by atoms with Crippen LogP contribution in [0, 0.1) is 5.95 Å². The molecule has 6 aromatic heterocycles. The molecule has 9 heterocycles. The van der Waals surface area contributed by atoms with Crippen LogP contribution in [0.2, 0.25) is 15.1 Å². The normalized spacial score (nSPS) is 13.3. The van der Waals surface area contributed by atoms with E-state index in [0.29, 0.717) is 77.7 Å². The maximum Gasteiger partial charge on any atom is 0.417 e. The first-order valence-corrected chi connectivity index (χ1v) is 38.1. The van der Waals surface area contributed by atoms with E-state index in [9.17, 15) is 69.2 Å². The minimum absolute atomic E-state index is 0.0261. The molecule has 112 heavy (non-hydrogen) atoms. The summed E-state index contributed by atoms with van der Waals surface area (Å²) in [6.07, 6.45) is -3.66. The fraction of sp³-hybridized carbons (Fsp3) is 0.197. The zero-order valence-corrected chi connectivity index (χ0v) is 62.5. The number of hydrogen-bond acceptors (Lipinski definition) is 23. The van der Waals surface area contributed by atoms with Crippen molar-refractivity contribution in [2.75, 3.05) is 77.4 Å². The monoisotopic (exact) mass is 1670 g/mol. The number of nitrogens with one attached hydrogen (secondary N) is 1. The van der Waals surface area contributed by atoms with Crippen molar-refractivity contribution in [3.8, 4) is 28.7 Å². The highest BCUT2D eigenvalue weighted by Gasteiger charge is 2.37. The molecule has 3 aliphatic rings. The van der Waals surface area contributed by atoms with Crippen LogP contribution in [0.5, 0.6) is 28.7 Å². The van der Waals surface area contributed by atoms with E-state index in [-0.39, 0.29) is 105 Å². The van der Waals surface area contributed by atoms with Crippen LogP contribution in [0.25, 0.3) is 0 Å². The lowest BCUT2D eigenvalue weighted by Gasteiger charge is -2.31. The van der Waals surface area contributed by atoms with Crippen molar-refractivity contribution >= 4 is 105 Å². The third-order valence-corrected chi connectivity index (χ3v) is 22.2. The van der Waals surface area contributed by atoms with E-state index in [2.05, 4.69) is 50.2 Å². The second kappa shape index (κ2) is 34.6. The number of anilines is 7. The van der Waals surface area contributed by atoms with Crippen molar-refractivity contribution < 1.29 is 92.8 Å². The van der Waals surface area contributed by atoms with Gasteiger partial charge in [-0.1, -0.05) is 59.1 Å². The van der Waals surface area contributed by atoms with Gasteiger partial charge >= 0.3 is 18.5 Å². The summed E-state index contributed by atoms with van der Waals surface area (Å²) < 4.78 is 236. The van der Waals surface area contributed by atoms with Crippen molar-refractivity contribution in [2.45, 2.75) is 52.1 Å². The Bertz CT molecular complexity index is 5510. The van der Waals surface area contributed by atoms with Crippen molar-refractivity contribution in [3.63, 3.8) is 0 Å². The van der Waals surface area contributed by atoms with Gasteiger partial charge in [0.2, 0.25) is 5.95 Å². The van der Waals surface area contributed by atoms with E-state index in [1.807, 2.05) is 12.1 Å². The molecular weight excluding hydrogens is 1620 g/mol. The van der Waals surface area contributed by atoms with E-state index in [1.165, 1.54) is 97.5 Å². The van der Waals surface area contributed by atoms with Crippen LogP contribution in [0.1, 0.15) is 33.5 Å². The molecule has 0 saturated heterocycles. The highest BCUT2D eigenvalue weighted by molar-refractivity contribution is 7.93. The summed E-state index contributed by atoms with van der Waals surface area (Å²) >= 11 is 17.3. The lowest BCUT2D eigenvalue weighted by atomic mass is 10.2. The van der Waals surface area contributed by atoms with Crippen LogP contribution in [-0.4, -0.2) is 124 Å². The molecule has 5 aromatic carbocycles. The Labute approximate surface area is 647 Å². The Kier molecular flexibility index (Phi) is 25.3. The molecule has 0 spiro atoms. The molecule has 0 unspecified atom stereocenters. The van der Waals surface area contributed by atoms with E-state index in [4.69, 9.17) is 58.5 Å². The second-order valence-corrected chi connectivity index (χ2v) is 30.5. The molecule has 0 atom stereocenters. The number of sulfone groups is 1. The van der Waals surface area contributed by atoms with Crippen LogP contribution in [0.4, 0.5) is 84.2 Å². The van der Waals surface area contributed by atoms with E-state index in [0.717, 1.165) is 27.7 Å². The zero-order chi connectivity index (χ0) is 80.3. The third kappa shape index (κ3) is 19.7. The number of nitrogens with zero attached hydrogens (tertiary/aromatic N) is 13. The molecule has 25 nitrogen and oxygen atoms in total. The number of ether oxygens (including phenoxy) is 5. The van der Waals surface area contributed by atoms with Gasteiger partial charge in [-0.05, 0) is 96.1 Å². The number of fused-ring (bicyclic) bond motifs is 3. The first kappa shape index (κ1) is 81.8. The number of pyridine rings is 3. The number of alkyl halides is 9. The summed E-state index contributed by atoms with van der Waals surface area (Å²) in [5.41, 5.74) is 0.460. The number of halogens is 13. The summed E-state index contributed by atoms with van der Waals surface area (Å²) in [6.45, 7) is 2.05. The van der Waals surface area contributed by atoms with Gasteiger partial charge in [0.25, 0.3) is 20.0 Å². The Morgan fingerprint density at radius 1 is 0.473 bits per heavy atom. The van der Waals surface area contributed by atoms with Crippen molar-refractivity contribution in [3.05, 3.63) is 250 Å². The Hall–Kier alpha value is -11.2. The summed E-state index contributed by atoms with van der Waals surface area (Å²) in [4.78, 5) is 37.6. The molecule has 586 valence electrons. The Morgan fingerprint density at radius 2 is 0.884 bits per heavy atom. The maximum absolute atomic E-state index is 13.9.